The minimum absolute atomic E-state index is 0. The van der Waals surface area contributed by atoms with Gasteiger partial charge < -0.3 is 16.4 Å². The molecule has 1 heterocycles. The van der Waals surface area contributed by atoms with Crippen LogP contribution in [0.4, 0.5) is 0 Å². The van der Waals surface area contributed by atoms with Gasteiger partial charge in [-0.15, -0.1) is 12.4 Å². The molecular weight excluding hydrogens is 352 g/mol. The van der Waals surface area contributed by atoms with Gasteiger partial charge in [-0.25, -0.2) is 0 Å². The molecule has 1 aromatic carbocycles. The second kappa shape index (κ2) is 9.90. The van der Waals surface area contributed by atoms with Crippen LogP contribution in [0.3, 0.4) is 0 Å². The average Bonchev–Trinajstić information content (AvgIpc) is 2.55. The Bertz CT molecular complexity index is 594. The van der Waals surface area contributed by atoms with Crippen LogP contribution in [-0.4, -0.2) is 53.8 Å². The summed E-state index contributed by atoms with van der Waals surface area (Å²) in [6, 6.07) is 9.95. The number of hydrogen-bond donors (Lipinski definition) is 2. The van der Waals surface area contributed by atoms with Gasteiger partial charge in [0.05, 0.1) is 6.54 Å². The first-order valence-electron chi connectivity index (χ1n) is 8.86. The van der Waals surface area contributed by atoms with E-state index in [-0.39, 0.29) is 36.2 Å². The van der Waals surface area contributed by atoms with Gasteiger partial charge in [0.1, 0.15) is 0 Å². The fraction of sp³-hybridized carbons (Fsp3) is 0.579. The summed E-state index contributed by atoms with van der Waals surface area (Å²) in [7, 11) is 0. The van der Waals surface area contributed by atoms with Crippen LogP contribution >= 0.6 is 12.4 Å². The molecule has 0 saturated carbocycles. The predicted molar refractivity (Wildman–Crippen MR) is 106 cm³/mol. The van der Waals surface area contributed by atoms with E-state index in [4.69, 9.17) is 11.5 Å². The van der Waals surface area contributed by atoms with Crippen LogP contribution in [0.2, 0.25) is 0 Å². The number of nitrogens with two attached hydrogens (primary N) is 2. The van der Waals surface area contributed by atoms with Gasteiger partial charge in [-0.3, -0.25) is 14.5 Å². The largest absolute Gasteiger partial charge is 0.370 e. The van der Waals surface area contributed by atoms with Crippen molar-refractivity contribution in [2.45, 2.75) is 39.3 Å². The molecule has 0 aliphatic carbocycles. The molecule has 0 radical (unpaired) electrons. The number of carbonyl (C=O) groups is 2. The lowest BCUT2D eigenvalue weighted by Crippen LogP contribution is -2.54. The normalized spacial score (nSPS) is 19.4. The third kappa shape index (κ3) is 6.59. The third-order valence-corrected chi connectivity index (χ3v) is 4.95. The highest BCUT2D eigenvalue weighted by Crippen LogP contribution is 2.27. The van der Waals surface area contributed by atoms with E-state index in [1.54, 1.807) is 4.90 Å². The van der Waals surface area contributed by atoms with Crippen molar-refractivity contribution in [3.63, 3.8) is 0 Å². The van der Waals surface area contributed by atoms with E-state index < -0.39 is 5.91 Å². The quantitative estimate of drug-likeness (QED) is 0.744. The molecule has 1 aliphatic heterocycles. The van der Waals surface area contributed by atoms with Crippen LogP contribution < -0.4 is 11.5 Å². The lowest BCUT2D eigenvalue weighted by Gasteiger charge is -2.42. The van der Waals surface area contributed by atoms with Gasteiger partial charge in [-0.1, -0.05) is 44.2 Å². The minimum atomic E-state index is -0.393. The van der Waals surface area contributed by atoms with Crippen molar-refractivity contribution in [1.82, 2.24) is 9.80 Å². The Morgan fingerprint density at radius 3 is 2.50 bits per heavy atom. The second-order valence-corrected chi connectivity index (χ2v) is 7.61. The summed E-state index contributed by atoms with van der Waals surface area (Å²) < 4.78 is 0. The highest BCUT2D eigenvalue weighted by molar-refractivity contribution is 5.85. The lowest BCUT2D eigenvalue weighted by atomic mass is 9.80. The van der Waals surface area contributed by atoms with Crippen molar-refractivity contribution in [2.24, 2.45) is 16.9 Å². The number of halogens is 1. The zero-order chi connectivity index (χ0) is 18.4. The molecule has 146 valence electrons. The molecule has 7 heteroatoms. The second-order valence-electron chi connectivity index (χ2n) is 7.61. The number of amides is 2. The molecule has 2 rings (SSSR count). The number of nitrogens with zero attached hydrogens (tertiary/aromatic N) is 2. The Morgan fingerprint density at radius 1 is 1.27 bits per heavy atom. The van der Waals surface area contributed by atoms with Crippen LogP contribution in [0.15, 0.2) is 30.3 Å². The molecule has 1 saturated heterocycles. The topological polar surface area (TPSA) is 92.7 Å². The first kappa shape index (κ1) is 22.4. The van der Waals surface area contributed by atoms with Crippen LogP contribution in [0.5, 0.6) is 0 Å². The molecule has 2 amide bonds. The Hall–Kier alpha value is -1.63. The van der Waals surface area contributed by atoms with E-state index >= 15 is 0 Å². The molecular formula is C19H31ClN4O2. The number of likely N-dealkylation sites (tertiary alicyclic amines) is 1. The summed E-state index contributed by atoms with van der Waals surface area (Å²) in [6.07, 6.45) is 1.06. The molecule has 1 fully saturated rings. The molecule has 0 bridgehead atoms. The van der Waals surface area contributed by atoms with Gasteiger partial charge >= 0.3 is 0 Å². The van der Waals surface area contributed by atoms with Crippen LogP contribution in [0.1, 0.15) is 32.3 Å². The SMILES string of the molecule is CC1(C)CN(CC(=O)N(CCC(N)=O)Cc2ccccc2)CCC1N.Cl. The maximum Gasteiger partial charge on any atom is 0.237 e. The van der Waals surface area contributed by atoms with E-state index in [2.05, 4.69) is 18.7 Å². The first-order chi connectivity index (χ1) is 11.8. The molecule has 1 unspecified atom stereocenters. The predicted octanol–water partition coefficient (Wildman–Crippen LogP) is 1.37. The first-order valence-corrected chi connectivity index (χ1v) is 8.86. The highest BCUT2D eigenvalue weighted by atomic mass is 35.5. The van der Waals surface area contributed by atoms with Crippen molar-refractivity contribution in [2.75, 3.05) is 26.2 Å². The molecule has 6 nitrogen and oxygen atoms in total. The fourth-order valence-corrected chi connectivity index (χ4v) is 3.25. The van der Waals surface area contributed by atoms with Crippen LogP contribution in [-0.2, 0) is 16.1 Å². The number of primary amides is 1. The van der Waals surface area contributed by atoms with E-state index in [1.165, 1.54) is 0 Å². The van der Waals surface area contributed by atoms with Crippen molar-refractivity contribution < 1.29 is 9.59 Å². The van der Waals surface area contributed by atoms with Crippen molar-refractivity contribution >= 4 is 24.2 Å². The Morgan fingerprint density at radius 2 is 1.92 bits per heavy atom. The van der Waals surface area contributed by atoms with Gasteiger partial charge in [0, 0.05) is 38.6 Å². The lowest BCUT2D eigenvalue weighted by molar-refractivity contribution is -0.134. The van der Waals surface area contributed by atoms with Gasteiger partial charge in [0.15, 0.2) is 0 Å². The zero-order valence-electron chi connectivity index (χ0n) is 15.7. The van der Waals surface area contributed by atoms with Crippen LogP contribution in [0, 0.1) is 5.41 Å². The summed E-state index contributed by atoms with van der Waals surface area (Å²) >= 11 is 0. The maximum atomic E-state index is 12.8. The number of rotatable bonds is 7. The summed E-state index contributed by atoms with van der Waals surface area (Å²) in [4.78, 5) is 27.9. The van der Waals surface area contributed by atoms with E-state index in [0.29, 0.717) is 19.6 Å². The number of carbonyl (C=O) groups excluding carboxylic acids is 2. The monoisotopic (exact) mass is 382 g/mol. The highest BCUT2D eigenvalue weighted by Gasteiger charge is 2.34. The van der Waals surface area contributed by atoms with Crippen molar-refractivity contribution in [3.05, 3.63) is 35.9 Å². The molecule has 1 aliphatic rings. The molecule has 1 atom stereocenters. The Kier molecular flexibility index (Phi) is 8.53. The summed E-state index contributed by atoms with van der Waals surface area (Å²) in [5, 5.41) is 0. The van der Waals surface area contributed by atoms with E-state index in [1.807, 2.05) is 30.3 Å². The van der Waals surface area contributed by atoms with Gasteiger partial charge in [-0.05, 0) is 17.4 Å². The average molecular weight is 383 g/mol. The zero-order valence-corrected chi connectivity index (χ0v) is 16.5. The van der Waals surface area contributed by atoms with Crippen molar-refractivity contribution in [3.8, 4) is 0 Å². The molecule has 4 N–H and O–H groups in total. The molecule has 1 aromatic rings. The summed E-state index contributed by atoms with van der Waals surface area (Å²) in [5.74, 6) is -0.368. The number of hydrogen-bond acceptors (Lipinski definition) is 4. The summed E-state index contributed by atoms with van der Waals surface area (Å²) in [5.41, 5.74) is 12.5. The summed E-state index contributed by atoms with van der Waals surface area (Å²) in [6.45, 7) is 7.09. The van der Waals surface area contributed by atoms with Gasteiger partial charge in [0.2, 0.25) is 11.8 Å². The Labute approximate surface area is 162 Å². The minimum Gasteiger partial charge on any atom is -0.370 e. The third-order valence-electron chi connectivity index (χ3n) is 4.95. The van der Waals surface area contributed by atoms with Crippen LogP contribution in [0.25, 0.3) is 0 Å². The van der Waals surface area contributed by atoms with E-state index in [0.717, 1.165) is 25.1 Å². The Balaban J connectivity index is 0.00000338. The molecule has 26 heavy (non-hydrogen) atoms. The van der Waals surface area contributed by atoms with Gasteiger partial charge in [-0.2, -0.15) is 0 Å². The molecule has 0 aromatic heterocycles. The number of piperidine rings is 1. The number of benzene rings is 1. The standard InChI is InChI=1S/C19H30N4O2.ClH/c1-19(2)14-22(10-8-16(19)20)13-18(25)23(11-9-17(21)24)12-15-6-4-3-5-7-15;/h3-7,16H,8-14,20H2,1-2H3,(H2,21,24);1H. The van der Waals surface area contributed by atoms with E-state index in [9.17, 15) is 9.59 Å². The van der Waals surface area contributed by atoms with Gasteiger partial charge in [0.25, 0.3) is 0 Å². The maximum absolute atomic E-state index is 12.8. The fourth-order valence-electron chi connectivity index (χ4n) is 3.25. The smallest absolute Gasteiger partial charge is 0.237 e. The van der Waals surface area contributed by atoms with Crippen molar-refractivity contribution in [1.29, 1.82) is 0 Å². The molecule has 0 spiro atoms.